The number of nitrogens with one attached hydrogen (secondary N) is 1. The van der Waals surface area contributed by atoms with Crippen molar-refractivity contribution in [3.05, 3.63) is 52.8 Å². The number of hydrogen-bond donors (Lipinski definition) is 3. The molecule has 1 aromatic carbocycles. The number of para-hydroxylation sites is 1. The molecule has 7 heteroatoms. The van der Waals surface area contributed by atoms with E-state index in [1.165, 1.54) is 30.5 Å². The number of carbonyl (C=O) groups is 2. The molecule has 0 bridgehead atoms. The summed E-state index contributed by atoms with van der Waals surface area (Å²) in [6, 6.07) is 7.22. The first-order chi connectivity index (χ1) is 9.49. The number of hydrogen-bond acceptors (Lipinski definition) is 4. The van der Waals surface area contributed by atoms with Gasteiger partial charge in [0.1, 0.15) is 17.1 Å². The monoisotopic (exact) mass is 291 g/mol. The Kier molecular flexibility index (Phi) is 3.86. The molecule has 0 atom stereocenters. The highest BCUT2D eigenvalue weighted by Gasteiger charge is 2.12. The molecule has 102 valence electrons. The highest BCUT2D eigenvalue weighted by atomic mass is 35.5. The maximum Gasteiger partial charge on any atom is 0.267 e. The molecule has 0 radical (unpaired) electrons. The lowest BCUT2D eigenvalue weighted by Gasteiger charge is -2.09. The minimum atomic E-state index is -0.680. The zero-order chi connectivity index (χ0) is 14.7. The fourth-order valence-corrected chi connectivity index (χ4v) is 1.71. The van der Waals surface area contributed by atoms with Crippen LogP contribution in [0, 0.1) is 0 Å². The van der Waals surface area contributed by atoms with Crippen molar-refractivity contribution in [3.8, 4) is 5.75 Å². The zero-order valence-electron chi connectivity index (χ0n) is 10.1. The van der Waals surface area contributed by atoms with Crippen molar-refractivity contribution in [1.82, 2.24) is 4.98 Å². The van der Waals surface area contributed by atoms with Crippen molar-refractivity contribution >= 4 is 29.1 Å². The number of benzene rings is 1. The molecule has 4 N–H and O–H groups in total. The van der Waals surface area contributed by atoms with E-state index in [1.807, 2.05) is 0 Å². The summed E-state index contributed by atoms with van der Waals surface area (Å²) in [6.45, 7) is 0. The third kappa shape index (κ3) is 2.86. The standard InChI is InChI=1S/C13H10ClN3O3/c14-8-2-1-3-10(18)11(8)17-13(20)7-4-5-9(12(15)19)16-6-7/h1-6,18H,(H2,15,19)(H,17,20). The fourth-order valence-electron chi connectivity index (χ4n) is 1.50. The van der Waals surface area contributed by atoms with E-state index in [0.717, 1.165) is 0 Å². The third-order valence-corrected chi connectivity index (χ3v) is 2.82. The second-order valence-electron chi connectivity index (χ2n) is 3.88. The predicted molar refractivity (Wildman–Crippen MR) is 73.8 cm³/mol. The number of aromatic nitrogens is 1. The normalized spacial score (nSPS) is 10.1. The molecule has 6 nitrogen and oxygen atoms in total. The Hall–Kier alpha value is -2.60. The average molecular weight is 292 g/mol. The van der Waals surface area contributed by atoms with E-state index in [9.17, 15) is 14.7 Å². The van der Waals surface area contributed by atoms with Crippen molar-refractivity contribution in [2.24, 2.45) is 5.73 Å². The third-order valence-electron chi connectivity index (χ3n) is 2.51. The Morgan fingerprint density at radius 1 is 1.25 bits per heavy atom. The number of nitrogens with two attached hydrogens (primary N) is 1. The first kappa shape index (κ1) is 13.8. The molecule has 0 unspecified atom stereocenters. The number of pyridine rings is 1. The van der Waals surface area contributed by atoms with E-state index < -0.39 is 11.8 Å². The summed E-state index contributed by atoms with van der Waals surface area (Å²) >= 11 is 5.88. The van der Waals surface area contributed by atoms with Gasteiger partial charge in [0.15, 0.2) is 0 Å². The van der Waals surface area contributed by atoms with Gasteiger partial charge >= 0.3 is 0 Å². The number of halogens is 1. The summed E-state index contributed by atoms with van der Waals surface area (Å²) in [5.41, 5.74) is 5.42. The van der Waals surface area contributed by atoms with Gasteiger partial charge in [-0.3, -0.25) is 14.6 Å². The second kappa shape index (κ2) is 5.58. The van der Waals surface area contributed by atoms with Crippen LogP contribution in [0.4, 0.5) is 5.69 Å². The molecule has 0 aliphatic heterocycles. The molecular formula is C13H10ClN3O3. The van der Waals surface area contributed by atoms with Crippen LogP contribution < -0.4 is 11.1 Å². The number of carbonyl (C=O) groups excluding carboxylic acids is 2. The van der Waals surface area contributed by atoms with Crippen LogP contribution in [0.1, 0.15) is 20.8 Å². The molecule has 20 heavy (non-hydrogen) atoms. The summed E-state index contributed by atoms with van der Waals surface area (Å²) in [5.74, 6) is -1.34. The number of phenols is 1. The average Bonchev–Trinajstić information content (AvgIpc) is 2.43. The minimum absolute atomic E-state index is 0.0575. The van der Waals surface area contributed by atoms with Gasteiger partial charge in [-0.2, -0.15) is 0 Å². The van der Waals surface area contributed by atoms with Crippen molar-refractivity contribution in [3.63, 3.8) is 0 Å². The summed E-state index contributed by atoms with van der Waals surface area (Å²) in [6.07, 6.45) is 1.21. The Morgan fingerprint density at radius 2 is 2.00 bits per heavy atom. The lowest BCUT2D eigenvalue weighted by molar-refractivity contribution is 0.0990. The van der Waals surface area contributed by atoms with Gasteiger partial charge < -0.3 is 16.2 Å². The largest absolute Gasteiger partial charge is 0.506 e. The first-order valence-corrected chi connectivity index (χ1v) is 5.91. The molecule has 1 heterocycles. The highest BCUT2D eigenvalue weighted by molar-refractivity contribution is 6.34. The number of primary amides is 1. The van der Waals surface area contributed by atoms with Gasteiger partial charge in [-0.05, 0) is 24.3 Å². The molecule has 0 aliphatic rings. The molecule has 0 saturated heterocycles. The van der Waals surface area contributed by atoms with E-state index in [4.69, 9.17) is 17.3 Å². The maximum atomic E-state index is 12.0. The Bertz CT molecular complexity index is 651. The first-order valence-electron chi connectivity index (χ1n) is 5.53. The predicted octanol–water partition coefficient (Wildman–Crippen LogP) is 1.79. The molecule has 2 amide bonds. The van der Waals surface area contributed by atoms with Crippen LogP contribution in [-0.4, -0.2) is 21.9 Å². The van der Waals surface area contributed by atoms with Crippen LogP contribution in [0.3, 0.4) is 0 Å². The van der Waals surface area contributed by atoms with E-state index >= 15 is 0 Å². The van der Waals surface area contributed by atoms with Gasteiger partial charge in [0, 0.05) is 6.20 Å². The Morgan fingerprint density at radius 3 is 2.55 bits per heavy atom. The SMILES string of the molecule is NC(=O)c1ccc(C(=O)Nc2c(O)cccc2Cl)cn1. The lowest BCUT2D eigenvalue weighted by atomic mass is 10.2. The number of anilines is 1. The summed E-state index contributed by atoms with van der Waals surface area (Å²) in [7, 11) is 0. The van der Waals surface area contributed by atoms with Crippen molar-refractivity contribution < 1.29 is 14.7 Å². The van der Waals surface area contributed by atoms with E-state index in [0.29, 0.717) is 0 Å². The molecule has 0 fully saturated rings. The molecule has 0 aliphatic carbocycles. The quantitative estimate of drug-likeness (QED) is 0.750. The second-order valence-corrected chi connectivity index (χ2v) is 4.29. The highest BCUT2D eigenvalue weighted by Crippen LogP contribution is 2.31. The van der Waals surface area contributed by atoms with Gasteiger partial charge in [-0.25, -0.2) is 0 Å². The van der Waals surface area contributed by atoms with Gasteiger partial charge in [0.2, 0.25) is 0 Å². The minimum Gasteiger partial charge on any atom is -0.506 e. The van der Waals surface area contributed by atoms with Crippen LogP contribution in [0.15, 0.2) is 36.5 Å². The topological polar surface area (TPSA) is 105 Å². The van der Waals surface area contributed by atoms with E-state index in [-0.39, 0.29) is 27.7 Å². The van der Waals surface area contributed by atoms with Crippen LogP contribution in [0.5, 0.6) is 5.75 Å². The number of aromatic hydroxyl groups is 1. The van der Waals surface area contributed by atoms with Gasteiger partial charge in [0.05, 0.1) is 10.6 Å². The van der Waals surface area contributed by atoms with Gasteiger partial charge in [0.25, 0.3) is 11.8 Å². The molecular weight excluding hydrogens is 282 g/mol. The van der Waals surface area contributed by atoms with Crippen molar-refractivity contribution in [1.29, 1.82) is 0 Å². The van der Waals surface area contributed by atoms with Crippen molar-refractivity contribution in [2.75, 3.05) is 5.32 Å². The Labute approximate surface area is 119 Å². The summed E-state index contributed by atoms with van der Waals surface area (Å²) in [5, 5.41) is 12.3. The lowest BCUT2D eigenvalue weighted by Crippen LogP contribution is -2.16. The van der Waals surface area contributed by atoms with Crippen LogP contribution in [0.2, 0.25) is 5.02 Å². The molecule has 2 rings (SSSR count). The van der Waals surface area contributed by atoms with Crippen LogP contribution in [-0.2, 0) is 0 Å². The number of rotatable bonds is 3. The van der Waals surface area contributed by atoms with E-state index in [2.05, 4.69) is 10.3 Å². The number of phenolic OH excluding ortho intramolecular Hbond substituents is 1. The number of amides is 2. The van der Waals surface area contributed by atoms with Gasteiger partial charge in [-0.15, -0.1) is 0 Å². The number of nitrogens with zero attached hydrogens (tertiary/aromatic N) is 1. The molecule has 2 aromatic rings. The van der Waals surface area contributed by atoms with E-state index in [1.54, 1.807) is 6.07 Å². The maximum absolute atomic E-state index is 12.0. The molecule has 0 saturated carbocycles. The summed E-state index contributed by atoms with van der Waals surface area (Å²) < 4.78 is 0. The molecule has 0 spiro atoms. The summed E-state index contributed by atoms with van der Waals surface area (Å²) in [4.78, 5) is 26.6. The van der Waals surface area contributed by atoms with Gasteiger partial charge in [-0.1, -0.05) is 17.7 Å². The Balaban J connectivity index is 2.22. The zero-order valence-corrected chi connectivity index (χ0v) is 10.9. The smallest absolute Gasteiger partial charge is 0.267 e. The van der Waals surface area contributed by atoms with Crippen LogP contribution in [0.25, 0.3) is 0 Å². The fraction of sp³-hybridized carbons (Fsp3) is 0. The van der Waals surface area contributed by atoms with Crippen molar-refractivity contribution in [2.45, 2.75) is 0 Å². The van der Waals surface area contributed by atoms with Crippen LogP contribution >= 0.6 is 11.6 Å². The molecule has 1 aromatic heterocycles.